The Morgan fingerprint density at radius 1 is 1.29 bits per heavy atom. The molecule has 14 heavy (non-hydrogen) atoms. The fourth-order valence-corrected chi connectivity index (χ4v) is 1.22. The summed E-state index contributed by atoms with van der Waals surface area (Å²) in [5.41, 5.74) is -0.147. The van der Waals surface area contributed by atoms with Crippen molar-refractivity contribution in [3.05, 3.63) is 0 Å². The quantitative estimate of drug-likeness (QED) is 0.669. The summed E-state index contributed by atoms with van der Waals surface area (Å²) in [5.74, 6) is 0. The minimum Gasteiger partial charge on any atom is -0.234 e. The van der Waals surface area contributed by atoms with E-state index in [4.69, 9.17) is 0 Å². The average Bonchev–Trinajstić information content (AvgIpc) is 1.79. The molecule has 0 aliphatic carbocycles. The van der Waals surface area contributed by atoms with E-state index in [9.17, 15) is 17.4 Å². The summed E-state index contributed by atoms with van der Waals surface area (Å²) >= 11 is 0. The summed E-state index contributed by atoms with van der Waals surface area (Å²) in [6.45, 7) is 6.21. The highest BCUT2D eigenvalue weighted by molar-refractivity contribution is 7.85. The van der Waals surface area contributed by atoms with Crippen molar-refractivity contribution in [3.63, 3.8) is 0 Å². The molecule has 0 aromatic carbocycles. The lowest BCUT2D eigenvalue weighted by Crippen LogP contribution is -2.21. The van der Waals surface area contributed by atoms with Crippen molar-refractivity contribution in [3.8, 4) is 0 Å². The third kappa shape index (κ3) is 6.12. The molecule has 2 nitrogen and oxygen atoms in total. The number of hydrogen-bond acceptors (Lipinski definition) is 1. The third-order valence-corrected chi connectivity index (χ3v) is 2.74. The van der Waals surface area contributed by atoms with Gasteiger partial charge in [0.1, 0.15) is 11.0 Å². The molecular weight excluding hydrogens is 215 g/mol. The summed E-state index contributed by atoms with van der Waals surface area (Å²) in [4.78, 5) is 0. The van der Waals surface area contributed by atoms with Gasteiger partial charge in [0.05, 0.1) is 11.2 Å². The van der Waals surface area contributed by atoms with Gasteiger partial charge < -0.3 is 0 Å². The van der Waals surface area contributed by atoms with Crippen molar-refractivity contribution < 1.29 is 17.4 Å². The molecule has 0 spiro atoms. The summed E-state index contributed by atoms with van der Waals surface area (Å²) in [6, 6.07) is 0. The first-order chi connectivity index (χ1) is 6.02. The predicted molar refractivity (Wildman–Crippen MR) is 51.7 cm³/mol. The van der Waals surface area contributed by atoms with E-state index in [1.165, 1.54) is 6.92 Å². The van der Waals surface area contributed by atoms with Crippen LogP contribution in [0.4, 0.5) is 13.2 Å². The van der Waals surface area contributed by atoms with Crippen LogP contribution in [0, 0.1) is 0 Å². The van der Waals surface area contributed by atoms with Crippen molar-refractivity contribution in [2.75, 3.05) is 0 Å². The van der Waals surface area contributed by atoms with Gasteiger partial charge in [-0.1, -0.05) is 0 Å². The molecule has 1 atom stereocenters. The lowest BCUT2D eigenvalue weighted by Gasteiger charge is -2.14. The average molecular weight is 229 g/mol. The van der Waals surface area contributed by atoms with E-state index in [-0.39, 0.29) is 5.71 Å². The first kappa shape index (κ1) is 13.6. The predicted octanol–water partition coefficient (Wildman–Crippen LogP) is 2.86. The molecule has 0 aliphatic rings. The molecule has 0 aliphatic heterocycles. The van der Waals surface area contributed by atoms with E-state index >= 15 is 0 Å². The highest BCUT2D eigenvalue weighted by atomic mass is 32.2. The van der Waals surface area contributed by atoms with Crippen LogP contribution in [0.3, 0.4) is 0 Å². The lowest BCUT2D eigenvalue weighted by molar-refractivity contribution is -0.121. The Balaban J connectivity index is 4.47. The summed E-state index contributed by atoms with van der Waals surface area (Å²) in [6.07, 6.45) is -5.38. The Morgan fingerprint density at radius 3 is 2.00 bits per heavy atom. The van der Waals surface area contributed by atoms with E-state index in [1.807, 2.05) is 0 Å². The molecule has 0 rings (SSSR count). The maximum Gasteiger partial charge on any atom is 0.394 e. The molecule has 0 saturated carbocycles. The van der Waals surface area contributed by atoms with E-state index in [1.54, 1.807) is 20.8 Å². The van der Waals surface area contributed by atoms with Gasteiger partial charge in [0.2, 0.25) is 0 Å². The smallest absolute Gasteiger partial charge is 0.234 e. The van der Waals surface area contributed by atoms with Gasteiger partial charge in [-0.05, 0) is 27.7 Å². The van der Waals surface area contributed by atoms with Gasteiger partial charge in [-0.15, -0.1) is 0 Å². The largest absolute Gasteiger partial charge is 0.394 e. The minimum atomic E-state index is -4.28. The van der Waals surface area contributed by atoms with Crippen LogP contribution in [-0.2, 0) is 11.0 Å². The van der Waals surface area contributed by atoms with Gasteiger partial charge in [0, 0.05) is 5.71 Å². The number of rotatable bonds is 2. The summed E-state index contributed by atoms with van der Waals surface area (Å²) < 4.78 is 49.8. The molecular formula is C8H14F3NOS. The molecule has 0 heterocycles. The zero-order valence-electron chi connectivity index (χ0n) is 8.60. The molecule has 0 aromatic heterocycles. The van der Waals surface area contributed by atoms with Crippen LogP contribution < -0.4 is 0 Å². The fraction of sp³-hybridized carbons (Fsp3) is 0.875. The molecule has 84 valence electrons. The van der Waals surface area contributed by atoms with Crippen molar-refractivity contribution in [1.29, 1.82) is 0 Å². The molecule has 0 N–H and O–H groups in total. The van der Waals surface area contributed by atoms with Crippen LogP contribution in [0.15, 0.2) is 4.40 Å². The monoisotopic (exact) mass is 229 g/mol. The normalized spacial score (nSPS) is 16.9. The molecule has 1 unspecified atom stereocenters. The molecule has 0 fully saturated rings. The second kappa shape index (κ2) is 4.42. The third-order valence-electron chi connectivity index (χ3n) is 1.22. The van der Waals surface area contributed by atoms with Gasteiger partial charge in [0.15, 0.2) is 0 Å². The zero-order valence-corrected chi connectivity index (χ0v) is 9.42. The van der Waals surface area contributed by atoms with Gasteiger partial charge >= 0.3 is 6.18 Å². The summed E-state index contributed by atoms with van der Waals surface area (Å²) in [5, 5.41) is 0. The van der Waals surface area contributed by atoms with Gasteiger partial charge in [-0.2, -0.15) is 17.6 Å². The Morgan fingerprint density at radius 2 is 1.71 bits per heavy atom. The molecule has 6 heteroatoms. The van der Waals surface area contributed by atoms with E-state index in [2.05, 4.69) is 4.40 Å². The van der Waals surface area contributed by atoms with Crippen molar-refractivity contribution in [1.82, 2.24) is 0 Å². The van der Waals surface area contributed by atoms with Crippen molar-refractivity contribution >= 4 is 16.7 Å². The van der Waals surface area contributed by atoms with Crippen molar-refractivity contribution in [2.24, 2.45) is 4.40 Å². The molecule has 0 amide bonds. The van der Waals surface area contributed by atoms with Crippen LogP contribution in [0.25, 0.3) is 0 Å². The number of halogens is 3. The first-order valence-corrected chi connectivity index (χ1v) is 5.16. The molecule has 0 radical (unpaired) electrons. The van der Waals surface area contributed by atoms with E-state index in [0.717, 1.165) is 0 Å². The second-order valence-electron chi connectivity index (χ2n) is 3.98. The van der Waals surface area contributed by atoms with E-state index < -0.39 is 28.3 Å². The van der Waals surface area contributed by atoms with Crippen LogP contribution in [-0.4, -0.2) is 20.8 Å². The van der Waals surface area contributed by atoms with Crippen molar-refractivity contribution in [2.45, 2.75) is 45.0 Å². The Bertz CT molecular complexity index is 252. The fourth-order valence-electron chi connectivity index (χ4n) is 0.601. The van der Waals surface area contributed by atoms with Gasteiger partial charge in [-0.3, -0.25) is 0 Å². The van der Waals surface area contributed by atoms with Crippen LogP contribution in [0.1, 0.15) is 34.1 Å². The number of alkyl halides is 3. The number of nitrogens with zero attached hydrogens (tertiary/aromatic N) is 1. The Labute approximate surface area is 84.2 Å². The maximum absolute atomic E-state index is 11.9. The zero-order chi connectivity index (χ0) is 11.6. The lowest BCUT2D eigenvalue weighted by atomic mass is 10.3. The molecule has 0 bridgehead atoms. The highest BCUT2D eigenvalue weighted by Gasteiger charge is 2.29. The highest BCUT2D eigenvalue weighted by Crippen LogP contribution is 2.21. The summed E-state index contributed by atoms with van der Waals surface area (Å²) in [7, 11) is -1.61. The topological polar surface area (TPSA) is 29.4 Å². The first-order valence-electron chi connectivity index (χ1n) is 4.05. The standard InChI is InChI=1S/C8H14F3NOS/c1-6(5-8(9,10)11)12-14(13)7(2,3)4/h5H2,1-4H3. The second-order valence-corrected chi connectivity index (χ2v) is 5.89. The van der Waals surface area contributed by atoms with Gasteiger partial charge in [0.25, 0.3) is 0 Å². The van der Waals surface area contributed by atoms with Crippen LogP contribution in [0.2, 0.25) is 0 Å². The Kier molecular flexibility index (Phi) is 4.30. The SMILES string of the molecule is CC(CC(F)(F)F)=NS(=O)C(C)(C)C. The molecule has 0 aromatic rings. The Hall–Kier alpha value is -0.390. The number of hydrogen-bond donors (Lipinski definition) is 0. The van der Waals surface area contributed by atoms with Crippen LogP contribution >= 0.6 is 0 Å². The van der Waals surface area contributed by atoms with E-state index in [0.29, 0.717) is 0 Å². The van der Waals surface area contributed by atoms with Gasteiger partial charge in [-0.25, -0.2) is 4.21 Å². The maximum atomic E-state index is 11.9. The van der Waals surface area contributed by atoms with Crippen LogP contribution in [0.5, 0.6) is 0 Å². The minimum absolute atomic E-state index is 0.147. The molecule has 0 saturated heterocycles.